The molecular formula is C29H32O9. The fraction of sp³-hybridized carbons (Fsp3) is 0.276. The Hall–Kier alpha value is -4.53. The summed E-state index contributed by atoms with van der Waals surface area (Å²) in [6.07, 6.45) is 1.94. The molecule has 0 radical (unpaired) electrons. The molecule has 0 aliphatic heterocycles. The molecule has 0 aliphatic rings. The summed E-state index contributed by atoms with van der Waals surface area (Å²) in [5, 5.41) is 0. The van der Waals surface area contributed by atoms with Gasteiger partial charge in [0.2, 0.25) is 11.5 Å². The van der Waals surface area contributed by atoms with Gasteiger partial charge in [-0.25, -0.2) is 4.79 Å². The van der Waals surface area contributed by atoms with Gasteiger partial charge in [0, 0.05) is 0 Å². The zero-order chi connectivity index (χ0) is 27.8. The topological polar surface area (TPSA) is 90.9 Å². The summed E-state index contributed by atoms with van der Waals surface area (Å²) in [5.74, 6) is 2.76. The molecule has 0 spiro atoms. The van der Waals surface area contributed by atoms with Crippen molar-refractivity contribution in [1.82, 2.24) is 0 Å². The Kier molecular flexibility index (Phi) is 9.32. The Labute approximate surface area is 222 Å². The second-order valence-electron chi connectivity index (χ2n) is 7.84. The monoisotopic (exact) mass is 524 g/mol. The molecule has 0 atom stereocenters. The van der Waals surface area contributed by atoms with Gasteiger partial charge < -0.3 is 37.9 Å². The van der Waals surface area contributed by atoms with Crippen molar-refractivity contribution in [2.75, 3.05) is 56.9 Å². The van der Waals surface area contributed by atoms with Crippen molar-refractivity contribution in [3.8, 4) is 40.2 Å². The Bertz CT molecular complexity index is 1280. The van der Waals surface area contributed by atoms with Crippen molar-refractivity contribution in [2.45, 2.75) is 0 Å². The number of hydrogen-bond acceptors (Lipinski definition) is 9. The standard InChI is InChI=1S/C29H32O9/c1-31-22-14-18(9-10-20(22)29(30)38-8)21(19-15-25(34-4)28(37-7)26(16-19)35-5)11-17-12-23(32-2)27(36-6)24(13-17)33-3/h9-16H,1-8H3/b21-11-. The fourth-order valence-corrected chi connectivity index (χ4v) is 4.06. The van der Waals surface area contributed by atoms with Gasteiger partial charge in [0.05, 0.1) is 56.9 Å². The lowest BCUT2D eigenvalue weighted by Gasteiger charge is -2.18. The highest BCUT2D eigenvalue weighted by atomic mass is 16.5. The molecule has 0 unspecified atom stereocenters. The SMILES string of the molecule is COC(=O)c1ccc(/C(=C/c2cc(OC)c(OC)c(OC)c2)c2cc(OC)c(OC)c(OC)c2)cc1OC. The summed E-state index contributed by atoms with van der Waals surface area (Å²) < 4.78 is 43.7. The molecule has 0 bridgehead atoms. The van der Waals surface area contributed by atoms with E-state index in [9.17, 15) is 4.79 Å². The van der Waals surface area contributed by atoms with Gasteiger partial charge in [-0.1, -0.05) is 6.07 Å². The van der Waals surface area contributed by atoms with Gasteiger partial charge in [0.1, 0.15) is 11.3 Å². The summed E-state index contributed by atoms with van der Waals surface area (Å²) in [7, 11) is 12.1. The minimum absolute atomic E-state index is 0.302. The Morgan fingerprint density at radius 3 is 1.42 bits per heavy atom. The number of methoxy groups -OCH3 is 8. The summed E-state index contributed by atoms with van der Waals surface area (Å²) in [6.45, 7) is 0. The second kappa shape index (κ2) is 12.6. The van der Waals surface area contributed by atoms with E-state index in [0.717, 1.165) is 22.3 Å². The Morgan fingerprint density at radius 1 is 0.553 bits per heavy atom. The molecule has 0 saturated heterocycles. The van der Waals surface area contributed by atoms with Gasteiger partial charge in [0.25, 0.3) is 0 Å². The van der Waals surface area contributed by atoms with E-state index in [1.165, 1.54) is 14.2 Å². The molecule has 0 saturated carbocycles. The average Bonchev–Trinajstić information content (AvgIpc) is 2.97. The first-order valence-electron chi connectivity index (χ1n) is 11.5. The molecule has 9 nitrogen and oxygen atoms in total. The molecule has 9 heteroatoms. The van der Waals surface area contributed by atoms with Crippen molar-refractivity contribution < 1.29 is 42.7 Å². The van der Waals surface area contributed by atoms with E-state index < -0.39 is 5.97 Å². The smallest absolute Gasteiger partial charge is 0.341 e. The van der Waals surface area contributed by atoms with Gasteiger partial charge in [0.15, 0.2) is 23.0 Å². The summed E-state index contributed by atoms with van der Waals surface area (Å²) in [4.78, 5) is 12.3. The number of ether oxygens (including phenoxy) is 8. The zero-order valence-electron chi connectivity index (χ0n) is 22.8. The molecule has 0 fully saturated rings. The second-order valence-corrected chi connectivity index (χ2v) is 7.84. The first-order chi connectivity index (χ1) is 18.4. The molecule has 3 aromatic rings. The molecule has 0 aromatic heterocycles. The number of carbonyl (C=O) groups is 1. The average molecular weight is 525 g/mol. The van der Waals surface area contributed by atoms with Crippen molar-refractivity contribution in [2.24, 2.45) is 0 Å². The van der Waals surface area contributed by atoms with E-state index in [1.54, 1.807) is 54.8 Å². The lowest BCUT2D eigenvalue weighted by atomic mass is 9.93. The van der Waals surface area contributed by atoms with Gasteiger partial charge in [-0.3, -0.25) is 0 Å². The number of carbonyl (C=O) groups excluding carboxylic acids is 1. The van der Waals surface area contributed by atoms with Crippen LogP contribution in [-0.4, -0.2) is 62.8 Å². The largest absolute Gasteiger partial charge is 0.496 e. The summed E-state index contributed by atoms with van der Waals surface area (Å²) in [5.41, 5.74) is 3.32. The van der Waals surface area contributed by atoms with E-state index in [1.807, 2.05) is 36.4 Å². The van der Waals surface area contributed by atoms with Crippen LogP contribution in [0.4, 0.5) is 0 Å². The van der Waals surface area contributed by atoms with Crippen LogP contribution >= 0.6 is 0 Å². The van der Waals surface area contributed by atoms with Crippen molar-refractivity contribution in [3.63, 3.8) is 0 Å². The lowest BCUT2D eigenvalue weighted by Crippen LogP contribution is -2.05. The predicted octanol–water partition coefficient (Wildman–Crippen LogP) is 5.12. The van der Waals surface area contributed by atoms with Gasteiger partial charge >= 0.3 is 5.97 Å². The van der Waals surface area contributed by atoms with Crippen LogP contribution in [0.15, 0.2) is 42.5 Å². The van der Waals surface area contributed by atoms with Crippen LogP contribution < -0.4 is 33.2 Å². The third-order valence-electron chi connectivity index (χ3n) is 5.89. The van der Waals surface area contributed by atoms with E-state index >= 15 is 0 Å². The quantitative estimate of drug-likeness (QED) is 0.250. The van der Waals surface area contributed by atoms with Crippen LogP contribution in [0.2, 0.25) is 0 Å². The summed E-state index contributed by atoms with van der Waals surface area (Å²) in [6, 6.07) is 12.6. The van der Waals surface area contributed by atoms with Crippen molar-refractivity contribution in [1.29, 1.82) is 0 Å². The molecule has 3 aromatic carbocycles. The lowest BCUT2D eigenvalue weighted by molar-refractivity contribution is 0.0597. The van der Waals surface area contributed by atoms with Crippen molar-refractivity contribution in [3.05, 3.63) is 64.7 Å². The third kappa shape index (κ3) is 5.56. The van der Waals surface area contributed by atoms with Crippen LogP contribution in [0.3, 0.4) is 0 Å². The highest BCUT2D eigenvalue weighted by Crippen LogP contribution is 2.43. The van der Waals surface area contributed by atoms with Crippen LogP contribution in [-0.2, 0) is 4.74 Å². The highest BCUT2D eigenvalue weighted by Gasteiger charge is 2.20. The van der Waals surface area contributed by atoms with Crippen molar-refractivity contribution >= 4 is 17.6 Å². The molecule has 38 heavy (non-hydrogen) atoms. The molecule has 202 valence electrons. The maximum atomic E-state index is 12.3. The molecule has 0 heterocycles. The molecule has 3 rings (SSSR count). The van der Waals surface area contributed by atoms with Gasteiger partial charge in [-0.15, -0.1) is 0 Å². The first kappa shape index (κ1) is 28.0. The van der Waals surface area contributed by atoms with E-state index in [2.05, 4.69) is 0 Å². The van der Waals surface area contributed by atoms with Crippen LogP contribution in [0.1, 0.15) is 27.0 Å². The number of esters is 1. The van der Waals surface area contributed by atoms with E-state index in [4.69, 9.17) is 37.9 Å². The van der Waals surface area contributed by atoms with Crippen LogP contribution in [0.25, 0.3) is 11.6 Å². The minimum Gasteiger partial charge on any atom is -0.496 e. The molecular weight excluding hydrogens is 492 g/mol. The maximum absolute atomic E-state index is 12.3. The minimum atomic E-state index is -0.503. The zero-order valence-corrected chi connectivity index (χ0v) is 22.8. The van der Waals surface area contributed by atoms with Crippen LogP contribution in [0.5, 0.6) is 40.2 Å². The first-order valence-corrected chi connectivity index (χ1v) is 11.5. The van der Waals surface area contributed by atoms with Gasteiger partial charge in [-0.05, 0) is 64.7 Å². The van der Waals surface area contributed by atoms with Crippen LogP contribution in [0, 0.1) is 0 Å². The molecule has 0 aliphatic carbocycles. The predicted molar refractivity (Wildman–Crippen MR) is 144 cm³/mol. The number of hydrogen-bond donors (Lipinski definition) is 0. The summed E-state index contributed by atoms with van der Waals surface area (Å²) >= 11 is 0. The van der Waals surface area contributed by atoms with E-state index in [0.29, 0.717) is 45.8 Å². The molecule has 0 amide bonds. The Balaban J connectivity index is 2.36. The van der Waals surface area contributed by atoms with Gasteiger partial charge in [-0.2, -0.15) is 0 Å². The third-order valence-corrected chi connectivity index (χ3v) is 5.89. The highest BCUT2D eigenvalue weighted by molar-refractivity contribution is 5.96. The molecule has 0 N–H and O–H groups in total. The van der Waals surface area contributed by atoms with E-state index in [-0.39, 0.29) is 0 Å². The Morgan fingerprint density at radius 2 is 1.00 bits per heavy atom. The fourth-order valence-electron chi connectivity index (χ4n) is 4.06. The number of benzene rings is 3. The number of rotatable bonds is 11. The normalized spacial score (nSPS) is 10.9. The maximum Gasteiger partial charge on any atom is 0.341 e.